The van der Waals surface area contributed by atoms with Crippen LogP contribution in [0.4, 0.5) is 0 Å². The third-order valence-electron chi connectivity index (χ3n) is 1.54. The first-order valence-electron chi connectivity index (χ1n) is 6.61. The van der Waals surface area contributed by atoms with Crippen LogP contribution in [-0.4, -0.2) is 34.4 Å². The molecule has 0 aliphatic heterocycles. The van der Waals surface area contributed by atoms with Crippen LogP contribution in [0.3, 0.4) is 0 Å². The zero-order chi connectivity index (χ0) is 13.1. The summed E-state index contributed by atoms with van der Waals surface area (Å²) in [6.45, 7) is 8.46. The second-order valence-electron chi connectivity index (χ2n) is 3.51. The molecule has 0 atom stereocenters. The summed E-state index contributed by atoms with van der Waals surface area (Å²) in [6, 6.07) is 0. The van der Waals surface area contributed by atoms with E-state index < -0.39 is 0 Å². The van der Waals surface area contributed by atoms with Crippen LogP contribution in [-0.2, 0) is 0 Å². The summed E-state index contributed by atoms with van der Waals surface area (Å²) < 4.78 is 3.22. The molecule has 0 amide bonds. The largest absolute Gasteiger partial charge is 0.854 e. The van der Waals surface area contributed by atoms with Crippen LogP contribution in [0.5, 0.6) is 0 Å². The standard InChI is InChI=1S/C4H9.2C3H7O.C3H7.Sn/c1-3-4-2;2*1-2-3-4;1-3-2;/h1,3-4H2,2H3;2*2-3H2,1H3;1,3H2,2H3;/q;2*-1;;+2. The van der Waals surface area contributed by atoms with Crippen LogP contribution in [0.25, 0.3) is 0 Å². The van der Waals surface area contributed by atoms with Crippen LogP contribution in [0.1, 0.15) is 59.8 Å². The van der Waals surface area contributed by atoms with Gasteiger partial charge >= 0.3 is 63.1 Å². The molecule has 0 aromatic carbocycles. The summed E-state index contributed by atoms with van der Waals surface area (Å²) >= 11 is 0.165. The molecule has 0 unspecified atom stereocenters. The maximum atomic E-state index is 9.30. The average Bonchev–Trinajstić information content (AvgIpc) is 2.35. The maximum Gasteiger partial charge on any atom is -0.0667 e. The minimum Gasteiger partial charge on any atom is -0.854 e. The van der Waals surface area contributed by atoms with Gasteiger partial charge in [-0.1, -0.05) is 26.7 Å². The van der Waals surface area contributed by atoms with Crippen molar-refractivity contribution in [1.82, 2.24) is 0 Å². The Hall–Kier alpha value is 0.719. The predicted molar refractivity (Wildman–Crippen MR) is 70.9 cm³/mol. The van der Waals surface area contributed by atoms with E-state index in [0.717, 1.165) is 12.8 Å². The van der Waals surface area contributed by atoms with Gasteiger partial charge in [0, 0.05) is 0 Å². The van der Waals surface area contributed by atoms with E-state index in [1.807, 2.05) is 13.8 Å². The van der Waals surface area contributed by atoms with E-state index in [2.05, 4.69) is 13.8 Å². The fourth-order valence-corrected chi connectivity index (χ4v) is 4.05. The van der Waals surface area contributed by atoms with Crippen molar-refractivity contribution in [3.8, 4) is 0 Å². The van der Waals surface area contributed by atoms with Gasteiger partial charge in [-0.05, 0) is 0 Å². The summed E-state index contributed by atoms with van der Waals surface area (Å²) in [7, 11) is 0. The normalized spacial score (nSPS) is 8.12. The fourth-order valence-electron chi connectivity index (χ4n) is 0.604. The summed E-state index contributed by atoms with van der Waals surface area (Å²) in [5.74, 6) is 0. The van der Waals surface area contributed by atoms with Gasteiger partial charge in [-0.3, -0.25) is 0 Å². The third kappa shape index (κ3) is 46.5. The first-order valence-corrected chi connectivity index (χ1v) is 10.6. The van der Waals surface area contributed by atoms with Gasteiger partial charge in [0.05, 0.1) is 0 Å². The number of hydrogen-bond acceptors (Lipinski definition) is 2. The Morgan fingerprint density at radius 3 is 1.38 bits per heavy atom. The molecule has 2 nitrogen and oxygen atoms in total. The van der Waals surface area contributed by atoms with Crippen LogP contribution in [0, 0.1) is 0 Å². The van der Waals surface area contributed by atoms with E-state index >= 15 is 0 Å². The Morgan fingerprint density at radius 1 is 0.688 bits per heavy atom. The molecule has 0 spiro atoms. The number of unbranched alkanes of at least 4 members (excludes halogenated alkanes) is 1. The molecule has 0 fully saturated rings. The number of hydrogen-bond donors (Lipinski definition) is 0. The Bertz CT molecular complexity index is 66.3. The molecule has 0 radical (unpaired) electrons. The molecule has 0 aliphatic rings. The van der Waals surface area contributed by atoms with E-state index in [0.29, 0.717) is 0 Å². The van der Waals surface area contributed by atoms with Gasteiger partial charge in [-0.15, -0.1) is 13.2 Å². The second-order valence-corrected chi connectivity index (χ2v) is 7.79. The summed E-state index contributed by atoms with van der Waals surface area (Å²) in [5.41, 5.74) is 0. The fraction of sp³-hybridized carbons (Fsp3) is 1.00. The van der Waals surface area contributed by atoms with Crippen molar-refractivity contribution in [2.45, 2.75) is 68.7 Å². The van der Waals surface area contributed by atoms with Crippen LogP contribution in [0.2, 0.25) is 8.87 Å². The van der Waals surface area contributed by atoms with E-state index in [9.17, 15) is 10.2 Å². The van der Waals surface area contributed by atoms with Gasteiger partial charge in [-0.2, -0.15) is 0 Å². The summed E-state index contributed by atoms with van der Waals surface area (Å²) in [4.78, 5) is 0. The molecule has 0 N–H and O–H groups in total. The molecule has 0 rings (SSSR count). The quantitative estimate of drug-likeness (QED) is 0.528. The van der Waals surface area contributed by atoms with Crippen LogP contribution >= 0.6 is 0 Å². The monoisotopic (exact) mass is 338 g/mol. The SMILES string of the molecule is CCC[CH2][Sn+2][CH2]CC.CCC[O-].CCC[O-]. The van der Waals surface area contributed by atoms with Crippen molar-refractivity contribution in [1.29, 1.82) is 0 Å². The van der Waals surface area contributed by atoms with Gasteiger partial charge in [0.2, 0.25) is 0 Å². The van der Waals surface area contributed by atoms with Gasteiger partial charge in [0.15, 0.2) is 0 Å². The van der Waals surface area contributed by atoms with Crippen molar-refractivity contribution in [3.05, 3.63) is 0 Å². The topological polar surface area (TPSA) is 46.1 Å². The molecule has 16 heavy (non-hydrogen) atoms. The zero-order valence-electron chi connectivity index (χ0n) is 11.7. The van der Waals surface area contributed by atoms with E-state index in [1.165, 1.54) is 19.3 Å². The minimum atomic E-state index is 0.0694. The van der Waals surface area contributed by atoms with E-state index in [1.54, 1.807) is 8.87 Å². The molecule has 98 valence electrons. The van der Waals surface area contributed by atoms with E-state index in [4.69, 9.17) is 0 Å². The molecule has 0 heterocycles. The maximum absolute atomic E-state index is 9.30. The van der Waals surface area contributed by atoms with Crippen molar-refractivity contribution in [2.75, 3.05) is 13.2 Å². The zero-order valence-corrected chi connectivity index (χ0v) is 14.5. The van der Waals surface area contributed by atoms with Gasteiger partial charge < -0.3 is 10.2 Å². The first-order chi connectivity index (χ1) is 7.74. The molecule has 0 bridgehead atoms. The minimum absolute atomic E-state index is 0.0694. The number of rotatable bonds is 7. The molecule has 3 heteroatoms. The van der Waals surface area contributed by atoms with E-state index in [-0.39, 0.29) is 34.4 Å². The van der Waals surface area contributed by atoms with Gasteiger partial charge in [0.1, 0.15) is 0 Å². The molecular formula is C13H30O2Sn. The van der Waals surface area contributed by atoms with Crippen molar-refractivity contribution < 1.29 is 10.2 Å². The molecule has 0 saturated carbocycles. The first kappa shape index (κ1) is 21.9. The average molecular weight is 337 g/mol. The Labute approximate surface area is 113 Å². The summed E-state index contributed by atoms with van der Waals surface area (Å²) in [6.07, 6.45) is 5.88. The Balaban J connectivity index is -0.000000179. The van der Waals surface area contributed by atoms with Gasteiger partial charge in [-0.25, -0.2) is 0 Å². The second kappa shape index (κ2) is 29.6. The summed E-state index contributed by atoms with van der Waals surface area (Å²) in [5, 5.41) is 18.6. The Kier molecular flexibility index (Phi) is 40.7. The Morgan fingerprint density at radius 2 is 1.12 bits per heavy atom. The van der Waals surface area contributed by atoms with Crippen molar-refractivity contribution in [2.24, 2.45) is 0 Å². The van der Waals surface area contributed by atoms with Crippen LogP contribution < -0.4 is 10.2 Å². The molecular weight excluding hydrogens is 307 g/mol. The smallest absolute Gasteiger partial charge is 0.0667 e. The molecule has 0 aromatic heterocycles. The molecule has 0 aromatic rings. The molecule has 0 saturated heterocycles. The predicted octanol–water partition coefficient (Wildman–Crippen LogP) is 2.25. The molecule has 0 aliphatic carbocycles. The third-order valence-corrected chi connectivity index (χ3v) is 6.00. The van der Waals surface area contributed by atoms with Crippen molar-refractivity contribution in [3.63, 3.8) is 0 Å². The van der Waals surface area contributed by atoms with Crippen molar-refractivity contribution >= 4 is 21.1 Å². The van der Waals surface area contributed by atoms with Gasteiger partial charge in [0.25, 0.3) is 0 Å². The van der Waals surface area contributed by atoms with Crippen LogP contribution in [0.15, 0.2) is 0 Å².